The third-order valence-corrected chi connectivity index (χ3v) is 4.56. The molecule has 1 N–H and O–H groups in total. The standard InChI is InChI=1S/C13H21F3N2O2/c1-20-11(19)12(18-8-6-17-7-9-18)4-2-10(3-5-12)13(14,15)16/h10,17H,2-9H2,1H3. The molecule has 0 atom stereocenters. The zero-order chi connectivity index (χ0) is 14.8. The van der Waals surface area contributed by atoms with E-state index in [2.05, 4.69) is 5.32 Å². The minimum atomic E-state index is -4.16. The quantitative estimate of drug-likeness (QED) is 0.785. The number of esters is 1. The number of alkyl halides is 3. The lowest BCUT2D eigenvalue weighted by molar-refractivity contribution is -0.194. The van der Waals surface area contributed by atoms with Crippen molar-refractivity contribution in [1.29, 1.82) is 0 Å². The van der Waals surface area contributed by atoms with E-state index < -0.39 is 17.6 Å². The van der Waals surface area contributed by atoms with Gasteiger partial charge in [0.25, 0.3) is 0 Å². The third kappa shape index (κ3) is 2.93. The Bertz CT molecular complexity index is 346. The van der Waals surface area contributed by atoms with Crippen LogP contribution < -0.4 is 5.32 Å². The third-order valence-electron chi connectivity index (χ3n) is 4.56. The Morgan fingerprint density at radius 2 is 1.80 bits per heavy atom. The summed E-state index contributed by atoms with van der Waals surface area (Å²) in [6.07, 6.45) is -3.70. The first-order valence-corrected chi connectivity index (χ1v) is 7.01. The van der Waals surface area contributed by atoms with Crippen LogP contribution in [0, 0.1) is 5.92 Å². The first-order valence-electron chi connectivity index (χ1n) is 7.01. The Hall–Kier alpha value is -0.820. The van der Waals surface area contributed by atoms with Crippen molar-refractivity contribution >= 4 is 5.97 Å². The predicted octanol–water partition coefficient (Wildman–Crippen LogP) is 1.56. The minimum absolute atomic E-state index is 0.00251. The Morgan fingerprint density at radius 1 is 1.25 bits per heavy atom. The lowest BCUT2D eigenvalue weighted by atomic mass is 9.74. The number of methoxy groups -OCH3 is 1. The monoisotopic (exact) mass is 294 g/mol. The van der Waals surface area contributed by atoms with Crippen LogP contribution in [0.1, 0.15) is 25.7 Å². The number of halogens is 3. The highest BCUT2D eigenvalue weighted by Crippen LogP contribution is 2.44. The molecule has 4 nitrogen and oxygen atoms in total. The van der Waals surface area contributed by atoms with E-state index in [0.717, 1.165) is 13.1 Å². The summed E-state index contributed by atoms with van der Waals surface area (Å²) < 4.78 is 43.2. The van der Waals surface area contributed by atoms with Gasteiger partial charge in [0, 0.05) is 26.2 Å². The van der Waals surface area contributed by atoms with Crippen LogP contribution in [0.15, 0.2) is 0 Å². The van der Waals surface area contributed by atoms with Crippen molar-refractivity contribution in [3.05, 3.63) is 0 Å². The topological polar surface area (TPSA) is 41.6 Å². The predicted molar refractivity (Wildman–Crippen MR) is 67.2 cm³/mol. The first-order chi connectivity index (χ1) is 9.40. The van der Waals surface area contributed by atoms with E-state index in [0.29, 0.717) is 13.1 Å². The van der Waals surface area contributed by atoms with Gasteiger partial charge in [0.1, 0.15) is 5.54 Å². The van der Waals surface area contributed by atoms with Crippen LogP contribution in [0.5, 0.6) is 0 Å². The molecule has 20 heavy (non-hydrogen) atoms. The maximum atomic E-state index is 12.8. The van der Waals surface area contributed by atoms with Crippen LogP contribution in [0.4, 0.5) is 13.2 Å². The lowest BCUT2D eigenvalue weighted by Crippen LogP contribution is -2.62. The van der Waals surface area contributed by atoms with E-state index in [9.17, 15) is 18.0 Å². The summed E-state index contributed by atoms with van der Waals surface area (Å²) in [7, 11) is 1.31. The summed E-state index contributed by atoms with van der Waals surface area (Å²) in [6, 6.07) is 0. The van der Waals surface area contributed by atoms with Crippen LogP contribution >= 0.6 is 0 Å². The molecule has 0 bridgehead atoms. The van der Waals surface area contributed by atoms with Gasteiger partial charge in [-0.2, -0.15) is 13.2 Å². The average Bonchev–Trinajstić information content (AvgIpc) is 2.46. The van der Waals surface area contributed by atoms with E-state index in [1.54, 1.807) is 0 Å². The molecule has 0 spiro atoms. The number of nitrogens with zero attached hydrogens (tertiary/aromatic N) is 1. The molecule has 1 saturated carbocycles. The Kier molecular flexibility index (Phi) is 4.59. The van der Waals surface area contributed by atoms with E-state index in [-0.39, 0.29) is 31.7 Å². The molecule has 2 rings (SSSR count). The van der Waals surface area contributed by atoms with Crippen LogP contribution in [0.2, 0.25) is 0 Å². The molecule has 0 aromatic rings. The van der Waals surface area contributed by atoms with Gasteiger partial charge in [0.05, 0.1) is 13.0 Å². The minimum Gasteiger partial charge on any atom is -0.468 e. The maximum absolute atomic E-state index is 12.8. The van der Waals surface area contributed by atoms with Crippen molar-refractivity contribution in [2.45, 2.75) is 37.4 Å². The molecule has 0 amide bonds. The van der Waals surface area contributed by atoms with E-state index >= 15 is 0 Å². The molecule has 0 radical (unpaired) electrons. The molecule has 2 fully saturated rings. The van der Waals surface area contributed by atoms with Crippen molar-refractivity contribution in [1.82, 2.24) is 10.2 Å². The fourth-order valence-corrected chi connectivity index (χ4v) is 3.35. The number of nitrogens with one attached hydrogen (secondary N) is 1. The van der Waals surface area contributed by atoms with Crippen molar-refractivity contribution in [3.63, 3.8) is 0 Å². The fraction of sp³-hybridized carbons (Fsp3) is 0.923. The molecule has 116 valence electrons. The molecule has 2 aliphatic rings. The molecule has 0 aromatic carbocycles. The van der Waals surface area contributed by atoms with Gasteiger partial charge in [-0.1, -0.05) is 0 Å². The second-order valence-corrected chi connectivity index (χ2v) is 5.58. The molecule has 7 heteroatoms. The molecule has 0 aromatic heterocycles. The highest BCUT2D eigenvalue weighted by molar-refractivity contribution is 5.81. The van der Waals surface area contributed by atoms with Crippen molar-refractivity contribution in [3.8, 4) is 0 Å². The number of hydrogen-bond donors (Lipinski definition) is 1. The van der Waals surface area contributed by atoms with Crippen LogP contribution in [0.25, 0.3) is 0 Å². The molecule has 1 aliphatic heterocycles. The second-order valence-electron chi connectivity index (χ2n) is 5.58. The molecule has 1 heterocycles. The summed E-state index contributed by atoms with van der Waals surface area (Å²) in [4.78, 5) is 14.2. The summed E-state index contributed by atoms with van der Waals surface area (Å²) in [5, 5.41) is 3.19. The highest BCUT2D eigenvalue weighted by Gasteiger charge is 2.52. The Morgan fingerprint density at radius 3 is 2.25 bits per heavy atom. The van der Waals surface area contributed by atoms with Gasteiger partial charge in [-0.25, -0.2) is 0 Å². The largest absolute Gasteiger partial charge is 0.468 e. The second kappa shape index (κ2) is 5.89. The number of hydrogen-bond acceptors (Lipinski definition) is 4. The van der Waals surface area contributed by atoms with Gasteiger partial charge in [0.2, 0.25) is 0 Å². The smallest absolute Gasteiger partial charge is 0.391 e. The summed E-state index contributed by atoms with van der Waals surface area (Å²) in [5.41, 5.74) is -0.862. The van der Waals surface area contributed by atoms with Crippen molar-refractivity contribution < 1.29 is 22.7 Å². The Labute approximate surface area is 116 Å². The SMILES string of the molecule is COC(=O)C1(N2CCNCC2)CCC(C(F)(F)F)CC1. The summed E-state index contributed by atoms with van der Waals surface area (Å²) in [5.74, 6) is -1.68. The van der Waals surface area contributed by atoms with Gasteiger partial charge in [-0.3, -0.25) is 9.69 Å². The van der Waals surface area contributed by atoms with Gasteiger partial charge in [-0.15, -0.1) is 0 Å². The van der Waals surface area contributed by atoms with Crippen LogP contribution in [0.3, 0.4) is 0 Å². The number of ether oxygens (including phenoxy) is 1. The number of piperazine rings is 1. The summed E-state index contributed by atoms with van der Waals surface area (Å²) >= 11 is 0. The van der Waals surface area contributed by atoms with Gasteiger partial charge in [-0.05, 0) is 25.7 Å². The zero-order valence-corrected chi connectivity index (χ0v) is 11.6. The van der Waals surface area contributed by atoms with Crippen LogP contribution in [-0.2, 0) is 9.53 Å². The summed E-state index contributed by atoms with van der Waals surface area (Å²) in [6.45, 7) is 2.85. The molecule has 1 saturated heterocycles. The van der Waals surface area contributed by atoms with Crippen molar-refractivity contribution in [2.75, 3.05) is 33.3 Å². The van der Waals surface area contributed by atoms with Gasteiger partial charge < -0.3 is 10.1 Å². The fourth-order valence-electron chi connectivity index (χ4n) is 3.35. The van der Waals surface area contributed by atoms with Gasteiger partial charge in [0.15, 0.2) is 0 Å². The highest BCUT2D eigenvalue weighted by atomic mass is 19.4. The molecular formula is C13H21F3N2O2. The van der Waals surface area contributed by atoms with Crippen molar-refractivity contribution in [2.24, 2.45) is 5.92 Å². The number of rotatable bonds is 2. The van der Waals surface area contributed by atoms with Crippen LogP contribution in [-0.4, -0.2) is 55.9 Å². The van der Waals surface area contributed by atoms with E-state index in [1.165, 1.54) is 7.11 Å². The normalized spacial score (nSPS) is 32.9. The number of carbonyl (C=O) groups is 1. The molecular weight excluding hydrogens is 273 g/mol. The van der Waals surface area contributed by atoms with Gasteiger partial charge >= 0.3 is 12.1 Å². The first kappa shape index (κ1) is 15.6. The number of carbonyl (C=O) groups excluding carboxylic acids is 1. The average molecular weight is 294 g/mol. The van der Waals surface area contributed by atoms with E-state index in [1.807, 2.05) is 4.90 Å². The maximum Gasteiger partial charge on any atom is 0.391 e. The Balaban J connectivity index is 2.12. The zero-order valence-electron chi connectivity index (χ0n) is 11.6. The van der Waals surface area contributed by atoms with E-state index in [4.69, 9.17) is 4.74 Å². The molecule has 1 aliphatic carbocycles. The molecule has 0 unspecified atom stereocenters. The lowest BCUT2D eigenvalue weighted by Gasteiger charge is -2.47.